The van der Waals surface area contributed by atoms with Crippen LogP contribution >= 0.6 is 11.6 Å². The lowest BCUT2D eigenvalue weighted by molar-refractivity contribution is -0.136. The van der Waals surface area contributed by atoms with E-state index in [1.54, 1.807) is 4.72 Å². The van der Waals surface area contributed by atoms with Gasteiger partial charge in [-0.1, -0.05) is 17.7 Å². The van der Waals surface area contributed by atoms with Gasteiger partial charge in [0.2, 0.25) is 0 Å². The van der Waals surface area contributed by atoms with Crippen molar-refractivity contribution in [3.63, 3.8) is 0 Å². The van der Waals surface area contributed by atoms with Gasteiger partial charge >= 0.3 is 6.18 Å². The Hall–Kier alpha value is -1.80. The van der Waals surface area contributed by atoms with Crippen LogP contribution in [0.4, 0.5) is 23.2 Å². The number of anilines is 1. The van der Waals surface area contributed by atoms with E-state index < -0.39 is 38.2 Å². The highest BCUT2D eigenvalue weighted by Crippen LogP contribution is 2.37. The molecule has 0 aliphatic heterocycles. The molecule has 0 bridgehead atoms. The molecule has 0 saturated heterocycles. The first kappa shape index (κ1) is 16.6. The lowest BCUT2D eigenvalue weighted by atomic mass is 10.2. The lowest BCUT2D eigenvalue weighted by Crippen LogP contribution is -2.17. The third kappa shape index (κ3) is 3.69. The average molecular weight is 354 g/mol. The number of halogens is 5. The van der Waals surface area contributed by atoms with Crippen LogP contribution in [0.5, 0.6) is 0 Å². The summed E-state index contributed by atoms with van der Waals surface area (Å²) in [7, 11) is -4.36. The van der Waals surface area contributed by atoms with Crippen molar-refractivity contribution in [1.82, 2.24) is 0 Å². The Morgan fingerprint density at radius 3 is 2.32 bits per heavy atom. The number of hydrogen-bond acceptors (Lipinski definition) is 2. The van der Waals surface area contributed by atoms with Gasteiger partial charge in [-0.15, -0.1) is 0 Å². The SMILES string of the molecule is O=S(=O)(Nc1ccc(Cl)cc1C(F)(F)F)c1cccc(F)c1. The van der Waals surface area contributed by atoms with Crippen LogP contribution in [0.1, 0.15) is 5.56 Å². The van der Waals surface area contributed by atoms with Crippen LogP contribution in [0, 0.1) is 5.82 Å². The van der Waals surface area contributed by atoms with E-state index in [-0.39, 0.29) is 5.02 Å². The van der Waals surface area contributed by atoms with Crippen LogP contribution in [-0.4, -0.2) is 8.42 Å². The first-order chi connectivity index (χ1) is 10.1. The zero-order valence-corrected chi connectivity index (χ0v) is 12.2. The molecule has 0 unspecified atom stereocenters. The second-order valence-electron chi connectivity index (χ2n) is 4.25. The summed E-state index contributed by atoms with van der Waals surface area (Å²) in [4.78, 5) is -0.490. The van der Waals surface area contributed by atoms with Crippen molar-refractivity contribution in [2.75, 3.05) is 4.72 Å². The Labute approximate surface area is 128 Å². The second-order valence-corrected chi connectivity index (χ2v) is 6.37. The highest BCUT2D eigenvalue weighted by Gasteiger charge is 2.35. The number of benzene rings is 2. The van der Waals surface area contributed by atoms with Gasteiger partial charge < -0.3 is 0 Å². The Kier molecular flexibility index (Phi) is 4.35. The van der Waals surface area contributed by atoms with Crippen molar-refractivity contribution < 1.29 is 26.0 Å². The fourth-order valence-corrected chi connectivity index (χ4v) is 2.96. The molecule has 2 rings (SSSR count). The Morgan fingerprint density at radius 1 is 1.05 bits per heavy atom. The van der Waals surface area contributed by atoms with Crippen molar-refractivity contribution >= 4 is 27.3 Å². The van der Waals surface area contributed by atoms with Crippen molar-refractivity contribution in [1.29, 1.82) is 0 Å². The summed E-state index contributed by atoms with van der Waals surface area (Å²) < 4.78 is 77.7. The zero-order valence-electron chi connectivity index (χ0n) is 10.7. The maximum absolute atomic E-state index is 13.1. The number of alkyl halides is 3. The van der Waals surface area contributed by atoms with Gasteiger partial charge in [0.25, 0.3) is 10.0 Å². The van der Waals surface area contributed by atoms with Crippen LogP contribution in [-0.2, 0) is 16.2 Å². The Balaban J connectivity index is 2.47. The molecule has 0 spiro atoms. The van der Waals surface area contributed by atoms with E-state index >= 15 is 0 Å². The van der Waals surface area contributed by atoms with Crippen LogP contribution in [0.25, 0.3) is 0 Å². The van der Waals surface area contributed by atoms with Gasteiger partial charge in [0.1, 0.15) is 5.82 Å². The van der Waals surface area contributed by atoms with E-state index in [4.69, 9.17) is 11.6 Å². The summed E-state index contributed by atoms with van der Waals surface area (Å²) >= 11 is 5.51. The van der Waals surface area contributed by atoms with Crippen molar-refractivity contribution in [3.8, 4) is 0 Å². The smallest absolute Gasteiger partial charge is 0.279 e. The zero-order chi connectivity index (χ0) is 16.5. The molecule has 0 aromatic heterocycles. The normalized spacial score (nSPS) is 12.2. The molecule has 0 fully saturated rings. The summed E-state index contributed by atoms with van der Waals surface area (Å²) in [5.41, 5.74) is -1.93. The number of sulfonamides is 1. The Bertz CT molecular complexity index is 806. The number of hydrogen-bond donors (Lipinski definition) is 1. The maximum Gasteiger partial charge on any atom is 0.418 e. The van der Waals surface area contributed by atoms with Crippen molar-refractivity contribution in [2.45, 2.75) is 11.1 Å². The van der Waals surface area contributed by atoms with Crippen LogP contribution < -0.4 is 4.72 Å². The van der Waals surface area contributed by atoms with Gasteiger partial charge in [-0.3, -0.25) is 4.72 Å². The summed E-state index contributed by atoms with van der Waals surface area (Å²) in [5, 5.41) is -0.193. The van der Waals surface area contributed by atoms with E-state index in [2.05, 4.69) is 0 Å². The molecule has 0 saturated carbocycles. The molecule has 118 valence electrons. The van der Waals surface area contributed by atoms with E-state index in [1.165, 1.54) is 0 Å². The first-order valence-corrected chi connectivity index (χ1v) is 7.61. The van der Waals surface area contributed by atoms with Gasteiger partial charge in [-0.25, -0.2) is 12.8 Å². The van der Waals surface area contributed by atoms with E-state index in [0.29, 0.717) is 12.1 Å². The topological polar surface area (TPSA) is 46.2 Å². The van der Waals surface area contributed by atoms with Gasteiger partial charge in [0.15, 0.2) is 0 Å². The molecule has 2 aromatic rings. The molecule has 0 atom stereocenters. The van der Waals surface area contributed by atoms with Crippen LogP contribution in [0.3, 0.4) is 0 Å². The highest BCUT2D eigenvalue weighted by molar-refractivity contribution is 7.92. The minimum atomic E-state index is -4.80. The minimum Gasteiger partial charge on any atom is -0.279 e. The predicted octanol–water partition coefficient (Wildman–Crippen LogP) is 4.30. The third-order valence-corrected chi connectivity index (χ3v) is 4.24. The average Bonchev–Trinajstić information content (AvgIpc) is 2.39. The lowest BCUT2D eigenvalue weighted by Gasteiger charge is -2.15. The highest BCUT2D eigenvalue weighted by atomic mass is 35.5. The Morgan fingerprint density at radius 2 is 1.73 bits per heavy atom. The van der Waals surface area contributed by atoms with Gasteiger partial charge in [0, 0.05) is 5.02 Å². The minimum absolute atomic E-state index is 0.193. The third-order valence-electron chi connectivity index (χ3n) is 2.64. The quantitative estimate of drug-likeness (QED) is 0.836. The first-order valence-electron chi connectivity index (χ1n) is 5.75. The molecule has 0 aliphatic rings. The summed E-state index contributed by atoms with van der Waals surface area (Å²) in [5.74, 6) is -0.824. The van der Waals surface area contributed by atoms with Gasteiger partial charge in [-0.05, 0) is 36.4 Å². The molecule has 0 amide bonds. The van der Waals surface area contributed by atoms with E-state index in [1.807, 2.05) is 0 Å². The van der Waals surface area contributed by atoms with Crippen LogP contribution in [0.2, 0.25) is 5.02 Å². The molecular formula is C13H8ClF4NO2S. The second kappa shape index (κ2) is 5.77. The summed E-state index contributed by atoms with van der Waals surface area (Å²) in [6, 6.07) is 6.52. The van der Waals surface area contributed by atoms with Gasteiger partial charge in [0.05, 0.1) is 16.1 Å². The molecule has 3 nitrogen and oxygen atoms in total. The molecule has 1 N–H and O–H groups in total. The fraction of sp³-hybridized carbons (Fsp3) is 0.0769. The summed E-state index contributed by atoms with van der Waals surface area (Å²) in [6.07, 6.45) is -4.80. The molecule has 2 aromatic carbocycles. The molecule has 22 heavy (non-hydrogen) atoms. The van der Waals surface area contributed by atoms with Crippen molar-refractivity contribution in [3.05, 3.63) is 58.9 Å². The van der Waals surface area contributed by atoms with E-state index in [0.717, 1.165) is 30.3 Å². The largest absolute Gasteiger partial charge is 0.418 e. The predicted molar refractivity (Wildman–Crippen MR) is 73.7 cm³/mol. The number of rotatable bonds is 3. The van der Waals surface area contributed by atoms with E-state index in [9.17, 15) is 26.0 Å². The standard InChI is InChI=1S/C13H8ClF4NO2S/c14-8-4-5-12(11(6-8)13(16,17)18)19-22(20,21)10-3-1-2-9(15)7-10/h1-7,19H. The monoisotopic (exact) mass is 353 g/mol. The molecule has 0 heterocycles. The molecular weight excluding hydrogens is 346 g/mol. The van der Waals surface area contributed by atoms with Crippen LogP contribution in [0.15, 0.2) is 47.4 Å². The molecule has 0 aliphatic carbocycles. The number of nitrogens with one attached hydrogen (secondary N) is 1. The summed E-state index contributed by atoms with van der Waals surface area (Å²) in [6.45, 7) is 0. The maximum atomic E-state index is 13.1. The molecule has 0 radical (unpaired) electrons. The van der Waals surface area contributed by atoms with Crippen molar-refractivity contribution in [2.24, 2.45) is 0 Å². The van der Waals surface area contributed by atoms with Gasteiger partial charge in [-0.2, -0.15) is 13.2 Å². The fourth-order valence-electron chi connectivity index (χ4n) is 1.68. The molecule has 9 heteroatoms.